The van der Waals surface area contributed by atoms with Crippen LogP contribution >= 0.6 is 11.6 Å². The van der Waals surface area contributed by atoms with Crippen molar-refractivity contribution in [2.75, 3.05) is 5.32 Å². The van der Waals surface area contributed by atoms with Crippen LogP contribution in [0.1, 0.15) is 21.5 Å². The summed E-state index contributed by atoms with van der Waals surface area (Å²) >= 11 is 5.95. The number of aromatic nitrogens is 2. The third-order valence-electron chi connectivity index (χ3n) is 4.56. The fraction of sp³-hybridized carbons (Fsp3) is 0.0833. The summed E-state index contributed by atoms with van der Waals surface area (Å²) in [5.74, 6) is 0.597. The molecule has 0 fully saturated rings. The summed E-state index contributed by atoms with van der Waals surface area (Å²) in [5, 5.41) is 7.74. The molecule has 0 aliphatic carbocycles. The molecule has 31 heavy (non-hydrogen) atoms. The highest BCUT2D eigenvalue weighted by Crippen LogP contribution is 2.18. The number of benzene rings is 3. The van der Waals surface area contributed by atoms with Crippen LogP contribution < -0.4 is 10.1 Å². The highest BCUT2D eigenvalue weighted by Gasteiger charge is 2.09. The molecule has 0 saturated heterocycles. The third kappa shape index (κ3) is 5.71. The molecule has 0 aliphatic rings. The molecule has 0 atom stereocenters. The number of hydrogen-bond donors (Lipinski definition) is 1. The highest BCUT2D eigenvalue weighted by molar-refractivity contribution is 6.30. The SMILES string of the molecule is O=C(Nc1ccn(Cc2ccc(F)cc2)n1)c1ccc(COc2cccc(Cl)c2)cc1. The van der Waals surface area contributed by atoms with Crippen LogP contribution in [0.5, 0.6) is 5.75 Å². The van der Waals surface area contributed by atoms with Crippen LogP contribution in [0.2, 0.25) is 5.02 Å². The molecule has 0 radical (unpaired) electrons. The lowest BCUT2D eigenvalue weighted by Crippen LogP contribution is -2.13. The minimum atomic E-state index is -0.279. The Hall–Kier alpha value is -3.64. The van der Waals surface area contributed by atoms with E-state index in [4.69, 9.17) is 16.3 Å². The van der Waals surface area contributed by atoms with Crippen LogP contribution in [0, 0.1) is 5.82 Å². The van der Waals surface area contributed by atoms with Crippen LogP contribution in [0.25, 0.3) is 0 Å². The Kier molecular flexibility index (Phi) is 6.29. The zero-order valence-corrected chi connectivity index (χ0v) is 17.2. The highest BCUT2D eigenvalue weighted by atomic mass is 35.5. The predicted molar refractivity (Wildman–Crippen MR) is 118 cm³/mol. The zero-order chi connectivity index (χ0) is 21.6. The van der Waals surface area contributed by atoms with Gasteiger partial charge in [0, 0.05) is 22.8 Å². The van der Waals surface area contributed by atoms with Crippen LogP contribution in [0.15, 0.2) is 85.1 Å². The van der Waals surface area contributed by atoms with Gasteiger partial charge in [0.15, 0.2) is 5.82 Å². The van der Waals surface area contributed by atoms with Crippen molar-refractivity contribution in [3.8, 4) is 5.75 Å². The number of nitrogens with one attached hydrogen (secondary N) is 1. The molecule has 5 nitrogen and oxygen atoms in total. The smallest absolute Gasteiger partial charge is 0.256 e. The molecule has 156 valence electrons. The van der Waals surface area contributed by atoms with Gasteiger partial charge in [-0.25, -0.2) is 4.39 Å². The molecular weight excluding hydrogens is 417 g/mol. The first-order valence-corrected chi connectivity index (χ1v) is 9.99. The number of anilines is 1. The number of ether oxygens (including phenoxy) is 1. The summed E-state index contributed by atoms with van der Waals surface area (Å²) in [6, 6.07) is 22.3. The number of nitrogens with zero attached hydrogens (tertiary/aromatic N) is 2. The van der Waals surface area contributed by atoms with E-state index in [0.29, 0.717) is 35.3 Å². The molecule has 1 aromatic heterocycles. The Morgan fingerprint density at radius 2 is 1.74 bits per heavy atom. The second-order valence-corrected chi connectivity index (χ2v) is 7.36. The monoisotopic (exact) mass is 435 g/mol. The number of amides is 1. The summed E-state index contributed by atoms with van der Waals surface area (Å²) in [6.07, 6.45) is 1.76. The van der Waals surface area contributed by atoms with E-state index in [-0.39, 0.29) is 11.7 Å². The summed E-state index contributed by atoms with van der Waals surface area (Å²) in [6.45, 7) is 0.855. The van der Waals surface area contributed by atoms with Crippen molar-refractivity contribution >= 4 is 23.3 Å². The maximum atomic E-state index is 13.0. The van der Waals surface area contributed by atoms with E-state index in [0.717, 1.165) is 11.1 Å². The molecular formula is C24H19ClFN3O2. The minimum absolute atomic E-state index is 0.255. The lowest BCUT2D eigenvalue weighted by atomic mass is 10.1. The van der Waals surface area contributed by atoms with Gasteiger partial charge in [0.25, 0.3) is 5.91 Å². The molecule has 0 bridgehead atoms. The number of halogens is 2. The molecule has 7 heteroatoms. The number of hydrogen-bond acceptors (Lipinski definition) is 3. The quantitative estimate of drug-likeness (QED) is 0.413. The van der Waals surface area contributed by atoms with E-state index in [1.807, 2.05) is 24.3 Å². The van der Waals surface area contributed by atoms with Gasteiger partial charge in [-0.2, -0.15) is 5.10 Å². The Bertz CT molecular complexity index is 1170. The molecule has 0 aliphatic heterocycles. The summed E-state index contributed by atoms with van der Waals surface area (Å²) in [7, 11) is 0. The van der Waals surface area contributed by atoms with Crippen molar-refractivity contribution in [1.82, 2.24) is 9.78 Å². The van der Waals surface area contributed by atoms with Gasteiger partial charge >= 0.3 is 0 Å². The average molecular weight is 436 g/mol. The van der Waals surface area contributed by atoms with E-state index in [1.54, 1.807) is 53.3 Å². The number of carbonyl (C=O) groups is 1. The summed E-state index contributed by atoms with van der Waals surface area (Å²) < 4.78 is 20.4. The molecule has 0 unspecified atom stereocenters. The second-order valence-electron chi connectivity index (χ2n) is 6.92. The van der Waals surface area contributed by atoms with Crippen molar-refractivity contribution in [2.24, 2.45) is 0 Å². The Morgan fingerprint density at radius 1 is 1.00 bits per heavy atom. The molecule has 0 saturated carbocycles. The van der Waals surface area contributed by atoms with Gasteiger partial charge in [-0.1, -0.05) is 41.9 Å². The molecule has 4 rings (SSSR count). The van der Waals surface area contributed by atoms with Crippen LogP contribution in [0.3, 0.4) is 0 Å². The van der Waals surface area contributed by atoms with Gasteiger partial charge in [0.1, 0.15) is 18.2 Å². The normalized spacial score (nSPS) is 10.6. The molecule has 0 spiro atoms. The molecule has 1 N–H and O–H groups in total. The third-order valence-corrected chi connectivity index (χ3v) is 4.79. The first kappa shape index (κ1) is 20.6. The number of rotatable bonds is 7. The van der Waals surface area contributed by atoms with Crippen LogP contribution in [0.4, 0.5) is 10.2 Å². The van der Waals surface area contributed by atoms with Crippen molar-refractivity contribution in [2.45, 2.75) is 13.2 Å². The van der Waals surface area contributed by atoms with Gasteiger partial charge in [0.05, 0.1) is 6.54 Å². The maximum absolute atomic E-state index is 13.0. The van der Waals surface area contributed by atoms with E-state index in [2.05, 4.69) is 10.4 Å². The lowest BCUT2D eigenvalue weighted by molar-refractivity contribution is 0.102. The fourth-order valence-electron chi connectivity index (χ4n) is 2.96. The first-order valence-electron chi connectivity index (χ1n) is 9.62. The van der Waals surface area contributed by atoms with Crippen molar-refractivity contribution in [3.05, 3.63) is 113 Å². The number of carbonyl (C=O) groups excluding carboxylic acids is 1. The van der Waals surface area contributed by atoms with Crippen molar-refractivity contribution < 1.29 is 13.9 Å². The Labute approximate surface area is 184 Å². The lowest BCUT2D eigenvalue weighted by Gasteiger charge is -2.08. The van der Waals surface area contributed by atoms with Crippen LogP contribution in [-0.4, -0.2) is 15.7 Å². The van der Waals surface area contributed by atoms with E-state index in [9.17, 15) is 9.18 Å². The fourth-order valence-corrected chi connectivity index (χ4v) is 3.14. The van der Waals surface area contributed by atoms with Crippen molar-refractivity contribution in [1.29, 1.82) is 0 Å². The Morgan fingerprint density at radius 3 is 2.48 bits per heavy atom. The summed E-state index contributed by atoms with van der Waals surface area (Å²) in [4.78, 5) is 12.5. The van der Waals surface area contributed by atoms with Gasteiger partial charge in [0.2, 0.25) is 0 Å². The van der Waals surface area contributed by atoms with Gasteiger partial charge in [-0.15, -0.1) is 0 Å². The predicted octanol–water partition coefficient (Wildman–Crippen LogP) is 5.56. The topological polar surface area (TPSA) is 56.2 Å². The second kappa shape index (κ2) is 9.45. The average Bonchev–Trinajstić information content (AvgIpc) is 3.21. The van der Waals surface area contributed by atoms with Gasteiger partial charge in [-0.05, 0) is 53.6 Å². The van der Waals surface area contributed by atoms with Crippen LogP contribution in [-0.2, 0) is 13.2 Å². The molecule has 1 heterocycles. The maximum Gasteiger partial charge on any atom is 0.256 e. The van der Waals surface area contributed by atoms with E-state index >= 15 is 0 Å². The van der Waals surface area contributed by atoms with E-state index in [1.165, 1.54) is 12.1 Å². The van der Waals surface area contributed by atoms with Gasteiger partial charge < -0.3 is 10.1 Å². The zero-order valence-electron chi connectivity index (χ0n) is 16.5. The van der Waals surface area contributed by atoms with Crippen molar-refractivity contribution in [3.63, 3.8) is 0 Å². The first-order chi connectivity index (χ1) is 15.0. The minimum Gasteiger partial charge on any atom is -0.489 e. The summed E-state index contributed by atoms with van der Waals surface area (Å²) in [5.41, 5.74) is 2.36. The van der Waals surface area contributed by atoms with Gasteiger partial charge in [-0.3, -0.25) is 9.48 Å². The van der Waals surface area contributed by atoms with E-state index < -0.39 is 0 Å². The molecule has 4 aromatic rings. The Balaban J connectivity index is 1.32. The molecule has 3 aromatic carbocycles. The molecule has 1 amide bonds. The standard InChI is InChI=1S/C24H19ClFN3O2/c25-20-2-1-3-22(14-20)31-16-18-4-8-19(9-5-18)24(30)27-23-12-13-29(28-23)15-17-6-10-21(26)11-7-17/h1-14H,15-16H2,(H,27,28,30). The largest absolute Gasteiger partial charge is 0.489 e.